The summed E-state index contributed by atoms with van der Waals surface area (Å²) < 4.78 is 10.3. The first-order chi connectivity index (χ1) is 9.04. The zero-order valence-electron chi connectivity index (χ0n) is 10.6. The van der Waals surface area contributed by atoms with Gasteiger partial charge >= 0.3 is 5.63 Å². The van der Waals surface area contributed by atoms with Crippen LogP contribution in [0.2, 0.25) is 0 Å². The second-order valence-electron chi connectivity index (χ2n) is 4.10. The van der Waals surface area contributed by atoms with E-state index >= 15 is 0 Å². The molecule has 0 amide bonds. The molecule has 0 radical (unpaired) electrons. The zero-order chi connectivity index (χ0) is 14.0. The molecule has 0 aliphatic rings. The van der Waals surface area contributed by atoms with Crippen LogP contribution >= 0.6 is 0 Å². The van der Waals surface area contributed by atoms with Gasteiger partial charge in [0.2, 0.25) is 0 Å². The van der Waals surface area contributed by atoms with Gasteiger partial charge in [0.1, 0.15) is 17.9 Å². The number of ether oxygens (including phenoxy) is 1. The summed E-state index contributed by atoms with van der Waals surface area (Å²) in [6.45, 7) is 2.95. The van der Waals surface area contributed by atoms with E-state index in [0.29, 0.717) is 11.7 Å². The number of fused-ring (bicyclic) bond motifs is 1. The molecule has 5 nitrogen and oxygen atoms in total. The highest BCUT2D eigenvalue weighted by molar-refractivity contribution is 6.07. The molecule has 2 rings (SSSR count). The molecule has 0 aliphatic carbocycles. The van der Waals surface area contributed by atoms with Crippen LogP contribution in [0, 0.1) is 6.92 Å². The molecule has 1 heterocycles. The molecule has 98 valence electrons. The number of hydrogen-bond donors (Lipinski definition) is 0. The van der Waals surface area contributed by atoms with Crippen molar-refractivity contribution in [2.24, 2.45) is 0 Å². The second kappa shape index (κ2) is 5.06. The largest absolute Gasteiger partial charge is 0.485 e. The number of aldehydes is 1. The smallest absolute Gasteiger partial charge is 0.336 e. The quantitative estimate of drug-likeness (QED) is 0.476. The minimum atomic E-state index is -0.528. The lowest BCUT2D eigenvalue weighted by molar-refractivity contribution is -0.109. The van der Waals surface area contributed by atoms with Crippen molar-refractivity contribution >= 4 is 23.0 Å². The number of ketones is 1. The van der Waals surface area contributed by atoms with Gasteiger partial charge in [-0.05, 0) is 31.5 Å². The molecule has 0 unspecified atom stereocenters. The summed E-state index contributed by atoms with van der Waals surface area (Å²) in [4.78, 5) is 33.5. The third-order valence-electron chi connectivity index (χ3n) is 2.74. The third kappa shape index (κ3) is 2.40. The minimum Gasteiger partial charge on any atom is -0.485 e. The van der Waals surface area contributed by atoms with E-state index in [-0.39, 0.29) is 29.3 Å². The van der Waals surface area contributed by atoms with Gasteiger partial charge in [-0.25, -0.2) is 4.79 Å². The van der Waals surface area contributed by atoms with Crippen molar-refractivity contribution in [3.8, 4) is 5.75 Å². The van der Waals surface area contributed by atoms with Gasteiger partial charge < -0.3 is 9.15 Å². The molecule has 1 aromatic heterocycles. The summed E-state index contributed by atoms with van der Waals surface area (Å²) in [7, 11) is 0. The van der Waals surface area contributed by atoms with Gasteiger partial charge in [0.05, 0.1) is 0 Å². The van der Waals surface area contributed by atoms with Crippen molar-refractivity contribution in [3.05, 3.63) is 39.7 Å². The SMILES string of the molecule is CC(=O)c1c(OCC=O)ccc2c(C)cc(=O)oc12. The fourth-order valence-electron chi connectivity index (χ4n) is 1.94. The predicted octanol–water partition coefficient (Wildman–Crippen LogP) is 1.88. The number of hydrogen-bond acceptors (Lipinski definition) is 5. The molecule has 1 aromatic carbocycles. The summed E-state index contributed by atoms with van der Waals surface area (Å²) in [5.41, 5.74) is 0.566. The van der Waals surface area contributed by atoms with Crippen LogP contribution in [-0.2, 0) is 4.79 Å². The van der Waals surface area contributed by atoms with E-state index in [1.165, 1.54) is 13.0 Å². The summed E-state index contributed by atoms with van der Waals surface area (Å²) in [6.07, 6.45) is 0.584. The average Bonchev–Trinajstić information content (AvgIpc) is 2.34. The highest BCUT2D eigenvalue weighted by Gasteiger charge is 2.17. The summed E-state index contributed by atoms with van der Waals surface area (Å²) >= 11 is 0. The first-order valence-electron chi connectivity index (χ1n) is 5.69. The molecule has 19 heavy (non-hydrogen) atoms. The van der Waals surface area contributed by atoms with Crippen molar-refractivity contribution in [2.45, 2.75) is 13.8 Å². The maximum Gasteiger partial charge on any atom is 0.336 e. The minimum absolute atomic E-state index is 0.165. The van der Waals surface area contributed by atoms with Crippen molar-refractivity contribution in [1.29, 1.82) is 0 Å². The normalized spacial score (nSPS) is 10.4. The lowest BCUT2D eigenvalue weighted by atomic mass is 10.0. The Balaban J connectivity index is 2.79. The summed E-state index contributed by atoms with van der Waals surface area (Å²) in [5.74, 6) is -0.0545. The van der Waals surface area contributed by atoms with Crippen LogP contribution in [0.15, 0.2) is 27.4 Å². The maximum absolute atomic E-state index is 11.7. The molecule has 0 saturated carbocycles. The van der Waals surface area contributed by atoms with E-state index in [4.69, 9.17) is 9.15 Å². The number of rotatable bonds is 4. The molecule has 0 aliphatic heterocycles. The lowest BCUT2D eigenvalue weighted by Crippen LogP contribution is -2.07. The van der Waals surface area contributed by atoms with E-state index in [0.717, 1.165) is 5.56 Å². The third-order valence-corrected chi connectivity index (χ3v) is 2.74. The number of Topliss-reactive ketones (excluding diaryl/α,β-unsaturated/α-hetero) is 1. The zero-order valence-corrected chi connectivity index (χ0v) is 10.6. The molecule has 0 bridgehead atoms. The molecular weight excluding hydrogens is 248 g/mol. The first kappa shape index (κ1) is 13.0. The Morgan fingerprint density at radius 2 is 2.16 bits per heavy atom. The molecule has 2 aromatic rings. The van der Waals surface area contributed by atoms with E-state index in [9.17, 15) is 14.4 Å². The number of carbonyl (C=O) groups is 2. The Morgan fingerprint density at radius 3 is 2.79 bits per heavy atom. The van der Waals surface area contributed by atoms with Gasteiger partial charge in [-0.2, -0.15) is 0 Å². The highest BCUT2D eigenvalue weighted by atomic mass is 16.5. The molecule has 0 fully saturated rings. The molecule has 5 heteroatoms. The highest BCUT2D eigenvalue weighted by Crippen LogP contribution is 2.29. The lowest BCUT2D eigenvalue weighted by Gasteiger charge is -2.10. The monoisotopic (exact) mass is 260 g/mol. The standard InChI is InChI=1S/C14H12O5/c1-8-7-12(17)19-14-10(8)3-4-11(18-6-5-15)13(14)9(2)16/h3-5,7H,6H2,1-2H3. The van der Waals surface area contributed by atoms with Gasteiger partial charge in [0.15, 0.2) is 17.7 Å². The topological polar surface area (TPSA) is 73.6 Å². The number of aryl methyl sites for hydroxylation is 1. The fraction of sp³-hybridized carbons (Fsp3) is 0.214. The van der Waals surface area contributed by atoms with Crippen molar-refractivity contribution in [1.82, 2.24) is 0 Å². The predicted molar refractivity (Wildman–Crippen MR) is 68.8 cm³/mol. The van der Waals surface area contributed by atoms with Crippen LogP contribution in [0.3, 0.4) is 0 Å². The summed E-state index contributed by atoms with van der Waals surface area (Å²) in [5, 5.41) is 0.670. The van der Waals surface area contributed by atoms with Gasteiger partial charge in [-0.15, -0.1) is 0 Å². The Labute approximate surface area is 108 Å². The van der Waals surface area contributed by atoms with Crippen LogP contribution in [0.1, 0.15) is 22.8 Å². The van der Waals surface area contributed by atoms with Gasteiger partial charge in [0.25, 0.3) is 0 Å². The summed E-state index contributed by atoms with van der Waals surface area (Å²) in [6, 6.07) is 4.65. The molecule has 0 atom stereocenters. The fourth-order valence-corrected chi connectivity index (χ4v) is 1.94. The average molecular weight is 260 g/mol. The second-order valence-corrected chi connectivity index (χ2v) is 4.10. The maximum atomic E-state index is 11.7. The van der Waals surface area contributed by atoms with Gasteiger partial charge in [-0.1, -0.05) is 0 Å². The van der Waals surface area contributed by atoms with Crippen molar-refractivity contribution < 1.29 is 18.7 Å². The van der Waals surface area contributed by atoms with Crippen molar-refractivity contribution in [2.75, 3.05) is 6.61 Å². The molecule has 0 saturated heterocycles. The van der Waals surface area contributed by atoms with E-state index in [2.05, 4.69) is 0 Å². The Bertz CT molecular complexity index is 712. The molecular formula is C14H12O5. The van der Waals surface area contributed by atoms with E-state index < -0.39 is 5.63 Å². The Morgan fingerprint density at radius 1 is 1.42 bits per heavy atom. The first-order valence-corrected chi connectivity index (χ1v) is 5.69. The van der Waals surface area contributed by atoms with Crippen LogP contribution in [0.5, 0.6) is 5.75 Å². The molecule has 0 N–H and O–H groups in total. The number of benzene rings is 1. The van der Waals surface area contributed by atoms with Gasteiger partial charge in [0, 0.05) is 11.5 Å². The Hall–Kier alpha value is -2.43. The Kier molecular flexibility index (Phi) is 3.46. The molecule has 0 spiro atoms. The number of carbonyl (C=O) groups excluding carboxylic acids is 2. The van der Waals surface area contributed by atoms with Crippen LogP contribution in [0.25, 0.3) is 11.0 Å². The van der Waals surface area contributed by atoms with Gasteiger partial charge in [-0.3, -0.25) is 9.59 Å². The van der Waals surface area contributed by atoms with E-state index in [1.54, 1.807) is 19.1 Å². The van der Waals surface area contributed by atoms with Crippen molar-refractivity contribution in [3.63, 3.8) is 0 Å². The van der Waals surface area contributed by atoms with E-state index in [1.807, 2.05) is 0 Å². The van der Waals surface area contributed by atoms with Crippen LogP contribution in [-0.4, -0.2) is 18.7 Å². The van der Waals surface area contributed by atoms with Crippen LogP contribution in [0.4, 0.5) is 0 Å². The van der Waals surface area contributed by atoms with Crippen LogP contribution < -0.4 is 10.4 Å².